The smallest absolute Gasteiger partial charge is 0.343 e. The van der Waals surface area contributed by atoms with Crippen molar-refractivity contribution in [1.29, 1.82) is 0 Å². The highest BCUT2D eigenvalue weighted by Gasteiger charge is 2.13. The lowest BCUT2D eigenvalue weighted by Gasteiger charge is -2.05. The molecule has 7 nitrogen and oxygen atoms in total. The maximum absolute atomic E-state index is 12.2. The maximum Gasteiger partial charge on any atom is 0.343 e. The van der Waals surface area contributed by atoms with Crippen LogP contribution in [0, 0.1) is 6.92 Å². The molecule has 0 aliphatic heterocycles. The number of ether oxygens (including phenoxy) is 1. The van der Waals surface area contributed by atoms with E-state index in [1.165, 1.54) is 6.21 Å². The number of hydrogen-bond donors (Lipinski definition) is 2. The summed E-state index contributed by atoms with van der Waals surface area (Å²) in [6.45, 7) is 1.92. The van der Waals surface area contributed by atoms with Crippen molar-refractivity contribution in [3.05, 3.63) is 94.5 Å². The van der Waals surface area contributed by atoms with E-state index in [1.54, 1.807) is 60.7 Å². The number of esters is 1. The van der Waals surface area contributed by atoms with Crippen molar-refractivity contribution in [3.8, 4) is 5.75 Å². The van der Waals surface area contributed by atoms with Gasteiger partial charge < -0.3 is 10.1 Å². The number of anilines is 1. The van der Waals surface area contributed by atoms with Crippen molar-refractivity contribution in [3.63, 3.8) is 0 Å². The Morgan fingerprint density at radius 1 is 0.935 bits per heavy atom. The molecule has 2 amide bonds. The number of halogens is 1. The third kappa shape index (κ3) is 6.52. The second kappa shape index (κ2) is 10.2. The molecule has 0 aromatic heterocycles. The number of hydrazone groups is 1. The Morgan fingerprint density at radius 2 is 1.65 bits per heavy atom. The molecule has 0 saturated carbocycles. The summed E-state index contributed by atoms with van der Waals surface area (Å²) in [7, 11) is 0. The minimum Gasteiger partial charge on any atom is -0.423 e. The van der Waals surface area contributed by atoms with Crippen LogP contribution in [0.5, 0.6) is 5.75 Å². The molecule has 0 aliphatic rings. The average Bonchev–Trinajstić information content (AvgIpc) is 2.76. The van der Waals surface area contributed by atoms with Gasteiger partial charge in [-0.1, -0.05) is 41.4 Å². The number of amides is 2. The van der Waals surface area contributed by atoms with Crippen LogP contribution in [-0.2, 0) is 9.59 Å². The standard InChI is InChI=1S/C23H18ClN3O4/c1-15-5-11-19(12-6-15)26-21(28)22(29)27-25-14-16-3-2-4-20(13-16)31-23(30)17-7-9-18(24)10-8-17/h2-14H,1H3,(H,26,28)(H,27,29). The molecule has 2 N–H and O–H groups in total. The number of carbonyl (C=O) groups is 3. The van der Waals surface area contributed by atoms with Gasteiger partial charge in [0.05, 0.1) is 11.8 Å². The fraction of sp³-hybridized carbons (Fsp3) is 0.0435. The molecule has 3 rings (SSSR count). The molecule has 0 saturated heterocycles. The fourth-order valence-electron chi connectivity index (χ4n) is 2.45. The Labute approximate surface area is 183 Å². The number of benzene rings is 3. The normalized spacial score (nSPS) is 10.5. The summed E-state index contributed by atoms with van der Waals surface area (Å²) >= 11 is 5.81. The highest BCUT2D eigenvalue weighted by atomic mass is 35.5. The van der Waals surface area contributed by atoms with Crippen LogP contribution in [0.15, 0.2) is 77.9 Å². The topological polar surface area (TPSA) is 96.9 Å². The third-order valence-corrected chi connectivity index (χ3v) is 4.30. The van der Waals surface area contributed by atoms with E-state index in [0.29, 0.717) is 27.6 Å². The Morgan fingerprint density at radius 3 is 2.35 bits per heavy atom. The molecule has 0 unspecified atom stereocenters. The minimum absolute atomic E-state index is 0.298. The van der Waals surface area contributed by atoms with Crippen LogP contribution in [0.25, 0.3) is 0 Å². The summed E-state index contributed by atoms with van der Waals surface area (Å²) in [5.41, 5.74) is 4.60. The number of hydrogen-bond acceptors (Lipinski definition) is 5. The lowest BCUT2D eigenvalue weighted by Crippen LogP contribution is -2.32. The summed E-state index contributed by atoms with van der Waals surface area (Å²) in [5, 5.41) is 6.76. The number of carbonyl (C=O) groups excluding carboxylic acids is 3. The van der Waals surface area contributed by atoms with Gasteiger partial charge in [0, 0.05) is 10.7 Å². The van der Waals surface area contributed by atoms with E-state index in [9.17, 15) is 14.4 Å². The van der Waals surface area contributed by atoms with Gasteiger partial charge in [0.15, 0.2) is 0 Å². The highest BCUT2D eigenvalue weighted by molar-refractivity contribution is 6.39. The Kier molecular flexibility index (Phi) is 7.13. The molecule has 31 heavy (non-hydrogen) atoms. The molecule has 0 spiro atoms. The minimum atomic E-state index is -0.915. The van der Waals surface area contributed by atoms with Crippen molar-refractivity contribution in [2.45, 2.75) is 6.92 Å². The van der Waals surface area contributed by atoms with Crippen molar-refractivity contribution >= 4 is 41.3 Å². The molecule has 0 bridgehead atoms. The largest absolute Gasteiger partial charge is 0.423 e. The predicted octanol–water partition coefficient (Wildman–Crippen LogP) is 3.96. The molecular formula is C23H18ClN3O4. The molecule has 0 radical (unpaired) electrons. The van der Waals surface area contributed by atoms with Crippen molar-refractivity contribution in [2.75, 3.05) is 5.32 Å². The first kappa shape index (κ1) is 21.7. The first-order valence-corrected chi connectivity index (χ1v) is 9.57. The van der Waals surface area contributed by atoms with E-state index in [2.05, 4.69) is 15.8 Å². The lowest BCUT2D eigenvalue weighted by atomic mass is 10.2. The first-order valence-electron chi connectivity index (χ1n) is 9.19. The van der Waals surface area contributed by atoms with E-state index in [-0.39, 0.29) is 0 Å². The van der Waals surface area contributed by atoms with Gasteiger partial charge in [0.2, 0.25) is 0 Å². The number of aryl methyl sites for hydroxylation is 1. The Hall–Kier alpha value is -3.97. The van der Waals surface area contributed by atoms with E-state index in [1.807, 2.05) is 19.1 Å². The average molecular weight is 436 g/mol. The summed E-state index contributed by atoms with van der Waals surface area (Å²) in [6.07, 6.45) is 1.33. The summed E-state index contributed by atoms with van der Waals surface area (Å²) in [5.74, 6) is -1.99. The summed E-state index contributed by atoms with van der Waals surface area (Å²) < 4.78 is 5.33. The number of nitrogens with one attached hydrogen (secondary N) is 2. The van der Waals surface area contributed by atoms with E-state index < -0.39 is 17.8 Å². The van der Waals surface area contributed by atoms with Crippen LogP contribution in [0.4, 0.5) is 5.69 Å². The van der Waals surface area contributed by atoms with Crippen LogP contribution in [0.1, 0.15) is 21.5 Å². The lowest BCUT2D eigenvalue weighted by molar-refractivity contribution is -0.136. The first-order chi connectivity index (χ1) is 14.9. The van der Waals surface area contributed by atoms with Crippen molar-refractivity contribution in [1.82, 2.24) is 5.43 Å². The van der Waals surface area contributed by atoms with Gasteiger partial charge in [-0.05, 0) is 61.0 Å². The van der Waals surface area contributed by atoms with Crippen LogP contribution >= 0.6 is 11.6 Å². The monoisotopic (exact) mass is 435 g/mol. The van der Waals surface area contributed by atoms with Crippen LogP contribution in [0.2, 0.25) is 5.02 Å². The zero-order valence-corrected chi connectivity index (χ0v) is 17.2. The summed E-state index contributed by atoms with van der Waals surface area (Å²) in [4.78, 5) is 36.0. The SMILES string of the molecule is Cc1ccc(NC(=O)C(=O)NN=Cc2cccc(OC(=O)c3ccc(Cl)cc3)c2)cc1. The molecule has 3 aromatic carbocycles. The zero-order chi connectivity index (χ0) is 22.2. The molecule has 8 heteroatoms. The molecule has 0 atom stereocenters. The van der Waals surface area contributed by atoms with Crippen LogP contribution in [-0.4, -0.2) is 24.0 Å². The summed E-state index contributed by atoms with van der Waals surface area (Å²) in [6, 6.07) is 19.9. The zero-order valence-electron chi connectivity index (χ0n) is 16.5. The van der Waals surface area contributed by atoms with E-state index in [4.69, 9.17) is 16.3 Å². The van der Waals surface area contributed by atoms with Gasteiger partial charge in [-0.2, -0.15) is 5.10 Å². The Bertz CT molecular complexity index is 1130. The van der Waals surface area contributed by atoms with Gasteiger partial charge in [-0.3, -0.25) is 9.59 Å². The molecule has 0 heterocycles. The van der Waals surface area contributed by atoms with Gasteiger partial charge in [0.1, 0.15) is 5.75 Å². The number of rotatable bonds is 5. The van der Waals surface area contributed by atoms with Crippen molar-refractivity contribution in [2.24, 2.45) is 5.10 Å². The van der Waals surface area contributed by atoms with Crippen LogP contribution < -0.4 is 15.5 Å². The molecular weight excluding hydrogens is 418 g/mol. The van der Waals surface area contributed by atoms with Gasteiger partial charge >= 0.3 is 17.8 Å². The third-order valence-electron chi connectivity index (χ3n) is 4.04. The predicted molar refractivity (Wildman–Crippen MR) is 118 cm³/mol. The molecule has 0 fully saturated rings. The molecule has 0 aliphatic carbocycles. The fourth-order valence-corrected chi connectivity index (χ4v) is 2.58. The molecule has 3 aromatic rings. The molecule has 156 valence electrons. The van der Waals surface area contributed by atoms with E-state index >= 15 is 0 Å². The quantitative estimate of drug-likeness (QED) is 0.208. The maximum atomic E-state index is 12.2. The Balaban J connectivity index is 1.55. The van der Waals surface area contributed by atoms with Gasteiger partial charge in [-0.25, -0.2) is 10.2 Å². The van der Waals surface area contributed by atoms with Crippen LogP contribution in [0.3, 0.4) is 0 Å². The second-order valence-electron chi connectivity index (χ2n) is 6.49. The second-order valence-corrected chi connectivity index (χ2v) is 6.92. The van der Waals surface area contributed by atoms with Gasteiger partial charge in [0.25, 0.3) is 0 Å². The van der Waals surface area contributed by atoms with E-state index in [0.717, 1.165) is 5.56 Å². The highest BCUT2D eigenvalue weighted by Crippen LogP contribution is 2.16. The number of nitrogens with zero attached hydrogens (tertiary/aromatic N) is 1. The van der Waals surface area contributed by atoms with Crippen molar-refractivity contribution < 1.29 is 19.1 Å². The van der Waals surface area contributed by atoms with Gasteiger partial charge in [-0.15, -0.1) is 0 Å².